The molecule has 4 nitrogen and oxygen atoms in total. The summed E-state index contributed by atoms with van der Waals surface area (Å²) in [5.74, 6) is 1.26. The lowest BCUT2D eigenvalue weighted by atomic mass is 10.1. The summed E-state index contributed by atoms with van der Waals surface area (Å²) in [5.41, 5.74) is 0.947. The van der Waals surface area contributed by atoms with Crippen LogP contribution in [0.2, 0.25) is 0 Å². The van der Waals surface area contributed by atoms with Crippen LogP contribution in [0.5, 0.6) is 0 Å². The number of hydrogen-bond donors (Lipinski definition) is 1. The van der Waals surface area contributed by atoms with Gasteiger partial charge in [-0.3, -0.25) is 0 Å². The van der Waals surface area contributed by atoms with Crippen LogP contribution in [0.3, 0.4) is 0 Å². The fourth-order valence-electron chi connectivity index (χ4n) is 1.96. The lowest BCUT2D eigenvalue weighted by Gasteiger charge is -1.98. The highest BCUT2D eigenvalue weighted by molar-refractivity contribution is 7.80. The standard InChI is InChI=1S/C15H18N2O2S/c18-14(20)11-7-2-1-6-10-13-16-17-15(19-13)12-8-4-3-5-9-12/h3-5,8-9H,1-2,6-7,10-11H2,(H,18,20). The average molecular weight is 290 g/mol. The van der Waals surface area contributed by atoms with E-state index < -0.39 is 0 Å². The molecule has 1 aromatic heterocycles. The van der Waals surface area contributed by atoms with Crippen molar-refractivity contribution in [3.8, 4) is 11.5 Å². The van der Waals surface area contributed by atoms with Crippen LogP contribution in [0.25, 0.3) is 11.5 Å². The van der Waals surface area contributed by atoms with Gasteiger partial charge in [-0.05, 0) is 37.2 Å². The van der Waals surface area contributed by atoms with E-state index in [-0.39, 0.29) is 5.05 Å². The highest BCUT2D eigenvalue weighted by Crippen LogP contribution is 2.18. The van der Waals surface area contributed by atoms with Crippen LogP contribution in [0.1, 0.15) is 38.0 Å². The number of benzene rings is 1. The van der Waals surface area contributed by atoms with Crippen LogP contribution in [0.4, 0.5) is 0 Å². The Morgan fingerprint density at radius 3 is 2.55 bits per heavy atom. The molecule has 0 saturated carbocycles. The fourth-order valence-corrected chi connectivity index (χ4v) is 2.10. The summed E-state index contributed by atoms with van der Waals surface area (Å²) in [7, 11) is 0. The molecule has 2 rings (SSSR count). The lowest BCUT2D eigenvalue weighted by Crippen LogP contribution is -1.91. The summed E-state index contributed by atoms with van der Waals surface area (Å²) in [6.07, 6.45) is 5.49. The van der Waals surface area contributed by atoms with E-state index in [1.807, 2.05) is 30.3 Å². The maximum absolute atomic E-state index is 8.90. The van der Waals surface area contributed by atoms with Crippen LogP contribution >= 0.6 is 12.2 Å². The Morgan fingerprint density at radius 1 is 1.05 bits per heavy atom. The third-order valence-electron chi connectivity index (χ3n) is 3.02. The second-order valence-electron chi connectivity index (χ2n) is 4.67. The maximum Gasteiger partial charge on any atom is 0.247 e. The molecule has 0 aliphatic rings. The number of aliphatic hydroxyl groups is 1. The topological polar surface area (TPSA) is 59.2 Å². The van der Waals surface area contributed by atoms with Crippen molar-refractivity contribution >= 4 is 17.3 Å². The summed E-state index contributed by atoms with van der Waals surface area (Å²) in [5, 5.41) is 17.1. The Balaban J connectivity index is 1.72. The molecule has 0 amide bonds. The first-order valence-electron chi connectivity index (χ1n) is 6.85. The van der Waals surface area contributed by atoms with Gasteiger partial charge in [0.1, 0.15) is 0 Å². The van der Waals surface area contributed by atoms with Gasteiger partial charge in [-0.1, -0.05) is 31.0 Å². The van der Waals surface area contributed by atoms with E-state index in [0.717, 1.165) is 37.7 Å². The summed E-state index contributed by atoms with van der Waals surface area (Å²) < 4.78 is 5.63. The van der Waals surface area contributed by atoms with Crippen molar-refractivity contribution in [2.45, 2.75) is 38.5 Å². The predicted octanol–water partition coefficient (Wildman–Crippen LogP) is 4.12. The minimum absolute atomic E-state index is 0.106. The van der Waals surface area contributed by atoms with Crippen molar-refractivity contribution < 1.29 is 9.52 Å². The van der Waals surface area contributed by atoms with Gasteiger partial charge in [0.15, 0.2) is 5.05 Å². The zero-order valence-electron chi connectivity index (χ0n) is 11.3. The molecule has 106 valence electrons. The molecular formula is C15H18N2O2S. The van der Waals surface area contributed by atoms with Gasteiger partial charge in [0.25, 0.3) is 0 Å². The Morgan fingerprint density at radius 2 is 1.80 bits per heavy atom. The SMILES string of the molecule is OC(=S)CCCCCCc1nnc(-c2ccccc2)o1. The van der Waals surface area contributed by atoms with E-state index in [0.29, 0.717) is 18.2 Å². The first-order valence-corrected chi connectivity index (χ1v) is 7.26. The summed E-state index contributed by atoms with van der Waals surface area (Å²) in [4.78, 5) is 0. The number of unbranched alkanes of at least 4 members (excludes halogenated alkanes) is 3. The number of aromatic nitrogens is 2. The van der Waals surface area contributed by atoms with Crippen LogP contribution < -0.4 is 0 Å². The predicted molar refractivity (Wildman–Crippen MR) is 81.7 cm³/mol. The average Bonchev–Trinajstić information content (AvgIpc) is 2.92. The van der Waals surface area contributed by atoms with Crippen molar-refractivity contribution in [1.82, 2.24) is 10.2 Å². The maximum atomic E-state index is 8.90. The van der Waals surface area contributed by atoms with E-state index in [1.54, 1.807) is 0 Å². The normalized spacial score (nSPS) is 10.6. The molecule has 0 spiro atoms. The minimum Gasteiger partial charge on any atom is -0.502 e. The molecule has 0 aliphatic heterocycles. The lowest BCUT2D eigenvalue weighted by molar-refractivity contribution is 0.486. The van der Waals surface area contributed by atoms with Crippen LogP contribution in [-0.4, -0.2) is 20.4 Å². The highest BCUT2D eigenvalue weighted by atomic mass is 32.1. The summed E-state index contributed by atoms with van der Waals surface area (Å²) in [6, 6.07) is 9.76. The second kappa shape index (κ2) is 7.75. The zero-order valence-corrected chi connectivity index (χ0v) is 12.1. The summed E-state index contributed by atoms with van der Waals surface area (Å²) >= 11 is 4.62. The van der Waals surface area contributed by atoms with Crippen molar-refractivity contribution in [1.29, 1.82) is 0 Å². The second-order valence-corrected chi connectivity index (χ2v) is 5.15. The molecule has 1 aromatic carbocycles. The zero-order chi connectivity index (χ0) is 14.2. The molecule has 5 heteroatoms. The van der Waals surface area contributed by atoms with E-state index in [2.05, 4.69) is 22.4 Å². The van der Waals surface area contributed by atoms with Crippen molar-refractivity contribution in [3.05, 3.63) is 36.2 Å². The molecule has 0 saturated heterocycles. The van der Waals surface area contributed by atoms with Crippen molar-refractivity contribution in [3.63, 3.8) is 0 Å². The molecule has 1 heterocycles. The number of thiocarbonyl (C=S) groups is 1. The first-order chi connectivity index (χ1) is 9.75. The van der Waals surface area contributed by atoms with Crippen LogP contribution in [-0.2, 0) is 6.42 Å². The number of rotatable bonds is 8. The van der Waals surface area contributed by atoms with Gasteiger partial charge in [-0.15, -0.1) is 10.2 Å². The molecule has 2 aromatic rings. The van der Waals surface area contributed by atoms with Crippen LogP contribution in [0, 0.1) is 0 Å². The molecule has 0 unspecified atom stereocenters. The fraction of sp³-hybridized carbons (Fsp3) is 0.400. The Bertz CT molecular complexity index is 540. The molecular weight excluding hydrogens is 272 g/mol. The van der Waals surface area contributed by atoms with E-state index in [9.17, 15) is 0 Å². The molecule has 0 bridgehead atoms. The quantitative estimate of drug-likeness (QED) is 0.585. The van der Waals surface area contributed by atoms with E-state index >= 15 is 0 Å². The van der Waals surface area contributed by atoms with Gasteiger partial charge in [-0.25, -0.2) is 0 Å². The highest BCUT2D eigenvalue weighted by Gasteiger charge is 2.07. The largest absolute Gasteiger partial charge is 0.502 e. The Labute approximate surface area is 123 Å². The number of aliphatic hydroxyl groups excluding tert-OH is 1. The van der Waals surface area contributed by atoms with Gasteiger partial charge >= 0.3 is 0 Å². The smallest absolute Gasteiger partial charge is 0.247 e. The third-order valence-corrected chi connectivity index (χ3v) is 3.22. The molecule has 20 heavy (non-hydrogen) atoms. The molecule has 0 fully saturated rings. The van der Waals surface area contributed by atoms with Gasteiger partial charge < -0.3 is 9.52 Å². The first kappa shape index (κ1) is 14.7. The minimum atomic E-state index is 0.106. The van der Waals surface area contributed by atoms with Gasteiger partial charge in [0.2, 0.25) is 11.8 Å². The van der Waals surface area contributed by atoms with Crippen LogP contribution in [0.15, 0.2) is 34.7 Å². The number of nitrogens with zero attached hydrogens (tertiary/aromatic N) is 2. The monoisotopic (exact) mass is 290 g/mol. The van der Waals surface area contributed by atoms with E-state index in [4.69, 9.17) is 9.52 Å². The van der Waals surface area contributed by atoms with Crippen molar-refractivity contribution in [2.24, 2.45) is 0 Å². The van der Waals surface area contributed by atoms with Gasteiger partial charge in [0.05, 0.1) is 0 Å². The Kier molecular flexibility index (Phi) is 5.68. The number of aryl methyl sites for hydroxylation is 1. The third kappa shape index (κ3) is 4.74. The summed E-state index contributed by atoms with van der Waals surface area (Å²) in [6.45, 7) is 0. The van der Waals surface area contributed by atoms with E-state index in [1.165, 1.54) is 0 Å². The molecule has 0 atom stereocenters. The Hall–Kier alpha value is -1.75. The molecule has 0 aliphatic carbocycles. The molecule has 1 N–H and O–H groups in total. The molecule has 0 radical (unpaired) electrons. The number of hydrogen-bond acceptors (Lipinski definition) is 4. The van der Waals surface area contributed by atoms with Gasteiger partial charge in [0, 0.05) is 18.4 Å². The van der Waals surface area contributed by atoms with Gasteiger partial charge in [-0.2, -0.15) is 0 Å². The van der Waals surface area contributed by atoms with Crippen molar-refractivity contribution in [2.75, 3.05) is 0 Å².